The van der Waals surface area contributed by atoms with Crippen LogP contribution in [0, 0.1) is 5.41 Å². The lowest BCUT2D eigenvalue weighted by Gasteiger charge is -2.19. The molecule has 1 aromatic rings. The van der Waals surface area contributed by atoms with Gasteiger partial charge in [0.2, 0.25) is 5.91 Å². The van der Waals surface area contributed by atoms with Crippen molar-refractivity contribution >= 4 is 21.8 Å². The highest BCUT2D eigenvalue weighted by molar-refractivity contribution is 9.09. The summed E-state index contributed by atoms with van der Waals surface area (Å²) < 4.78 is 5.09. The second-order valence-corrected chi connectivity index (χ2v) is 10.1. The Morgan fingerprint density at radius 1 is 1.00 bits per heavy atom. The van der Waals surface area contributed by atoms with Crippen LogP contribution in [0.3, 0.4) is 0 Å². The summed E-state index contributed by atoms with van der Waals surface area (Å²) in [4.78, 5) is 12.0. The third kappa shape index (κ3) is 16.1. The number of aromatic hydroxyl groups is 1. The Labute approximate surface area is 221 Å². The maximum atomic E-state index is 12.0. The van der Waals surface area contributed by atoms with Crippen LogP contribution in [-0.4, -0.2) is 23.5 Å². The van der Waals surface area contributed by atoms with Crippen molar-refractivity contribution in [3.05, 3.63) is 72.4 Å². The number of hydrogen-bond acceptors (Lipinski definition) is 3. The molecule has 0 saturated carbocycles. The highest BCUT2D eigenvalue weighted by Gasteiger charge is 2.12. The number of phenols is 1. The average Bonchev–Trinajstić information content (AvgIpc) is 2.83. The summed E-state index contributed by atoms with van der Waals surface area (Å²) in [6.45, 7) is 5.05. The third-order valence-electron chi connectivity index (χ3n) is 5.60. The zero-order valence-corrected chi connectivity index (χ0v) is 23.4. The number of carbonyl (C=O) groups excluding carboxylic acids is 1. The molecule has 1 rings (SSSR count). The van der Waals surface area contributed by atoms with E-state index in [9.17, 15) is 9.90 Å². The van der Waals surface area contributed by atoms with E-state index in [-0.39, 0.29) is 17.1 Å². The zero-order valence-electron chi connectivity index (χ0n) is 21.8. The number of rotatable bonds is 18. The summed E-state index contributed by atoms with van der Waals surface area (Å²) in [6, 6.07) is 5.08. The number of unbranched alkanes of at least 4 members (excludes halogenated alkanes) is 2. The minimum Gasteiger partial charge on any atom is -0.504 e. The van der Waals surface area contributed by atoms with Crippen LogP contribution < -0.4 is 10.1 Å². The van der Waals surface area contributed by atoms with E-state index in [0.717, 1.165) is 43.0 Å². The molecule has 0 aliphatic heterocycles. The van der Waals surface area contributed by atoms with E-state index in [1.54, 1.807) is 18.2 Å². The van der Waals surface area contributed by atoms with Gasteiger partial charge in [-0.3, -0.25) is 4.79 Å². The van der Waals surface area contributed by atoms with E-state index in [2.05, 4.69) is 83.7 Å². The number of benzene rings is 1. The molecule has 1 amide bonds. The van der Waals surface area contributed by atoms with Gasteiger partial charge in [0, 0.05) is 18.3 Å². The number of allylic oxidation sites excluding steroid dienone is 8. The summed E-state index contributed by atoms with van der Waals surface area (Å²) >= 11 is 3.50. The van der Waals surface area contributed by atoms with Crippen LogP contribution >= 0.6 is 15.9 Å². The van der Waals surface area contributed by atoms with Gasteiger partial charge in [0.1, 0.15) is 0 Å². The van der Waals surface area contributed by atoms with Gasteiger partial charge in [0.05, 0.1) is 7.11 Å². The Hall–Kier alpha value is -2.27. The van der Waals surface area contributed by atoms with Crippen LogP contribution in [0.2, 0.25) is 0 Å². The first-order valence-corrected chi connectivity index (χ1v) is 13.8. The Morgan fingerprint density at radius 3 is 2.31 bits per heavy atom. The monoisotopic (exact) mass is 545 g/mol. The van der Waals surface area contributed by atoms with Gasteiger partial charge in [-0.1, -0.05) is 90.9 Å². The number of phenolic OH excluding ortho intramolecular Hbond substituents is 1. The maximum absolute atomic E-state index is 12.0. The smallest absolute Gasteiger partial charge is 0.220 e. The molecule has 0 saturated heterocycles. The average molecular weight is 547 g/mol. The number of halogens is 1. The highest BCUT2D eigenvalue weighted by Crippen LogP contribution is 2.26. The van der Waals surface area contributed by atoms with Crippen molar-refractivity contribution in [2.45, 2.75) is 78.2 Å². The Morgan fingerprint density at radius 2 is 1.66 bits per heavy atom. The van der Waals surface area contributed by atoms with Crippen LogP contribution in [0.5, 0.6) is 11.5 Å². The Kier molecular flexibility index (Phi) is 16.7. The summed E-state index contributed by atoms with van der Waals surface area (Å²) in [5.74, 6) is 0.542. The molecule has 35 heavy (non-hydrogen) atoms. The zero-order chi connectivity index (χ0) is 25.8. The first kappa shape index (κ1) is 30.8. The van der Waals surface area contributed by atoms with Gasteiger partial charge >= 0.3 is 0 Å². The van der Waals surface area contributed by atoms with Crippen molar-refractivity contribution < 1.29 is 14.6 Å². The summed E-state index contributed by atoms with van der Waals surface area (Å²) in [5.41, 5.74) is 1.18. The van der Waals surface area contributed by atoms with Crippen molar-refractivity contribution in [3.63, 3.8) is 0 Å². The third-order valence-corrected chi connectivity index (χ3v) is 6.16. The number of hydrogen-bond donors (Lipinski definition) is 2. The molecule has 0 fully saturated rings. The number of ether oxygens (including phenoxy) is 1. The van der Waals surface area contributed by atoms with Gasteiger partial charge in [0.25, 0.3) is 0 Å². The lowest BCUT2D eigenvalue weighted by molar-refractivity contribution is -0.121. The molecule has 0 aliphatic carbocycles. The van der Waals surface area contributed by atoms with E-state index in [1.807, 2.05) is 0 Å². The molecule has 2 N–H and O–H groups in total. The lowest BCUT2D eigenvalue weighted by Crippen LogP contribution is -2.22. The first-order chi connectivity index (χ1) is 16.9. The van der Waals surface area contributed by atoms with E-state index in [4.69, 9.17) is 4.74 Å². The summed E-state index contributed by atoms with van der Waals surface area (Å²) in [7, 11) is 1.51. The maximum Gasteiger partial charge on any atom is 0.220 e. The first-order valence-electron chi connectivity index (χ1n) is 12.7. The number of alkyl halides is 1. The molecular weight excluding hydrogens is 502 g/mol. The van der Waals surface area contributed by atoms with Crippen LogP contribution in [0.15, 0.2) is 66.8 Å². The van der Waals surface area contributed by atoms with Crippen molar-refractivity contribution in [3.8, 4) is 11.5 Å². The molecular formula is C30H44BrNO3. The molecule has 0 spiro atoms. The van der Waals surface area contributed by atoms with E-state index < -0.39 is 0 Å². The number of nitrogens with one attached hydrogen (secondary N) is 1. The summed E-state index contributed by atoms with van der Waals surface area (Å²) in [6.07, 6.45) is 26.6. The minimum atomic E-state index is 0.0326. The van der Waals surface area contributed by atoms with Gasteiger partial charge in [-0.25, -0.2) is 0 Å². The van der Waals surface area contributed by atoms with Gasteiger partial charge in [-0.05, 0) is 68.1 Å². The number of amides is 1. The largest absolute Gasteiger partial charge is 0.504 e. The van der Waals surface area contributed by atoms with Gasteiger partial charge in [0.15, 0.2) is 11.5 Å². The van der Waals surface area contributed by atoms with Gasteiger partial charge in [-0.15, -0.1) is 0 Å². The minimum absolute atomic E-state index is 0.0326. The fourth-order valence-corrected chi connectivity index (χ4v) is 3.88. The molecule has 0 heterocycles. The molecule has 0 radical (unpaired) electrons. The number of methoxy groups -OCH3 is 1. The van der Waals surface area contributed by atoms with E-state index in [1.165, 1.54) is 26.4 Å². The predicted octanol–water partition coefficient (Wildman–Crippen LogP) is 8.17. The Balaban J connectivity index is 2.08. The Bertz CT molecular complexity index is 840. The van der Waals surface area contributed by atoms with Crippen LogP contribution in [0.4, 0.5) is 0 Å². The second kappa shape index (κ2) is 19.0. The fourth-order valence-electron chi connectivity index (χ4n) is 3.48. The van der Waals surface area contributed by atoms with Gasteiger partial charge in [-0.2, -0.15) is 0 Å². The van der Waals surface area contributed by atoms with Crippen LogP contribution in [0.25, 0.3) is 0 Å². The second-order valence-electron chi connectivity index (χ2n) is 9.33. The van der Waals surface area contributed by atoms with E-state index >= 15 is 0 Å². The molecule has 0 bridgehead atoms. The summed E-state index contributed by atoms with van der Waals surface area (Å²) in [5, 5.41) is 13.6. The SMILES string of the molecule is COc1cc(CNC(=O)CCC/C=C\C/C=C\C/C=C\C/C=C\C(C)(C)CCCCBr)ccc1O. The highest BCUT2D eigenvalue weighted by atomic mass is 79.9. The molecule has 0 aliphatic rings. The van der Waals surface area contributed by atoms with Crippen molar-refractivity contribution in [2.24, 2.45) is 5.41 Å². The standard InChI is InChI=1S/C30H44BrNO3/c1-30(2,22-16-17-23-31)21-15-13-11-9-7-5-4-6-8-10-12-14-18-29(34)32-25-26-19-20-27(33)28(24-26)35-3/h4-5,8-11,15,19-21,24,33H,6-7,12-14,16-18,22-23,25H2,1-3H3,(H,32,34)/b5-4-,10-8-,11-9-,21-15-. The van der Waals surface area contributed by atoms with Crippen molar-refractivity contribution in [1.29, 1.82) is 0 Å². The van der Waals surface area contributed by atoms with Crippen LogP contribution in [0.1, 0.15) is 77.2 Å². The molecule has 194 valence electrons. The fraction of sp³-hybridized carbons (Fsp3) is 0.500. The normalized spacial score (nSPS) is 12.5. The van der Waals surface area contributed by atoms with Crippen molar-refractivity contribution in [1.82, 2.24) is 5.32 Å². The van der Waals surface area contributed by atoms with Crippen LogP contribution in [-0.2, 0) is 11.3 Å². The quantitative estimate of drug-likeness (QED) is 0.111. The van der Waals surface area contributed by atoms with Crippen molar-refractivity contribution in [2.75, 3.05) is 12.4 Å². The number of carbonyl (C=O) groups is 1. The predicted molar refractivity (Wildman–Crippen MR) is 152 cm³/mol. The molecule has 4 nitrogen and oxygen atoms in total. The molecule has 1 aromatic carbocycles. The molecule has 0 atom stereocenters. The van der Waals surface area contributed by atoms with Gasteiger partial charge < -0.3 is 15.2 Å². The lowest BCUT2D eigenvalue weighted by atomic mass is 9.87. The molecule has 5 heteroatoms. The topological polar surface area (TPSA) is 58.6 Å². The van der Waals surface area contributed by atoms with E-state index in [0.29, 0.717) is 18.7 Å². The molecule has 0 aromatic heterocycles. The molecule has 0 unspecified atom stereocenters.